The lowest BCUT2D eigenvalue weighted by atomic mass is 10.1. The van der Waals surface area contributed by atoms with Crippen LogP contribution >= 0.6 is 11.8 Å². The molecule has 1 saturated heterocycles. The zero-order chi connectivity index (χ0) is 21.1. The van der Waals surface area contributed by atoms with Crippen LogP contribution in [0, 0.1) is 0 Å². The van der Waals surface area contributed by atoms with Crippen LogP contribution in [0.15, 0.2) is 71.3 Å². The summed E-state index contributed by atoms with van der Waals surface area (Å²) in [5, 5.41) is 2.58. The molecule has 0 saturated carbocycles. The Balaban J connectivity index is 1.49. The van der Waals surface area contributed by atoms with E-state index in [-0.39, 0.29) is 22.8 Å². The van der Waals surface area contributed by atoms with E-state index in [4.69, 9.17) is 10.2 Å². The first-order valence-corrected chi connectivity index (χ1v) is 10.3. The molecule has 3 aromatic rings. The first kappa shape index (κ1) is 19.8. The Morgan fingerprint density at radius 2 is 1.87 bits per heavy atom. The van der Waals surface area contributed by atoms with Gasteiger partial charge in [0, 0.05) is 5.56 Å². The number of nitrogens with two attached hydrogens (primary N) is 1. The van der Waals surface area contributed by atoms with Crippen molar-refractivity contribution in [3.8, 4) is 0 Å². The van der Waals surface area contributed by atoms with Gasteiger partial charge in [-0.15, -0.1) is 11.8 Å². The lowest BCUT2D eigenvalue weighted by molar-refractivity contribution is -0.128. The number of hydrogen-bond donors (Lipinski definition) is 2. The molecule has 4 rings (SSSR count). The second kappa shape index (κ2) is 8.46. The molecule has 1 fully saturated rings. The van der Waals surface area contributed by atoms with E-state index in [1.807, 2.05) is 18.2 Å². The SMILES string of the molecule is NC(=O)c1ccccc1NC(=O)c1ccc(C2SCC(=O)N2Cc2ccco2)cc1. The first-order valence-electron chi connectivity index (χ1n) is 9.26. The van der Waals surface area contributed by atoms with Crippen molar-refractivity contribution in [3.05, 3.63) is 89.4 Å². The van der Waals surface area contributed by atoms with Crippen LogP contribution in [0.3, 0.4) is 0 Å². The number of nitrogens with one attached hydrogen (secondary N) is 1. The molecular weight excluding hydrogens is 402 g/mol. The van der Waals surface area contributed by atoms with Crippen molar-refractivity contribution in [2.24, 2.45) is 5.73 Å². The molecule has 1 unspecified atom stereocenters. The Kier molecular flexibility index (Phi) is 5.58. The van der Waals surface area contributed by atoms with E-state index in [0.29, 0.717) is 23.5 Å². The second-order valence-electron chi connectivity index (χ2n) is 6.75. The van der Waals surface area contributed by atoms with Gasteiger partial charge in [0.25, 0.3) is 11.8 Å². The van der Waals surface area contributed by atoms with Crippen molar-refractivity contribution >= 4 is 35.2 Å². The van der Waals surface area contributed by atoms with Gasteiger partial charge in [0.1, 0.15) is 11.1 Å². The summed E-state index contributed by atoms with van der Waals surface area (Å²) in [7, 11) is 0. The predicted octanol–water partition coefficient (Wildman–Crippen LogP) is 3.41. The number of rotatable bonds is 6. The fraction of sp³-hybridized carbons (Fsp3) is 0.136. The molecule has 1 aliphatic rings. The Hall–Kier alpha value is -3.52. The molecule has 1 aliphatic heterocycles. The summed E-state index contributed by atoms with van der Waals surface area (Å²) < 4.78 is 5.37. The molecule has 152 valence electrons. The highest BCUT2D eigenvalue weighted by Crippen LogP contribution is 2.39. The smallest absolute Gasteiger partial charge is 0.255 e. The molecule has 0 spiro atoms. The van der Waals surface area contributed by atoms with E-state index >= 15 is 0 Å². The molecule has 0 aliphatic carbocycles. The lowest BCUT2D eigenvalue weighted by Gasteiger charge is -2.23. The van der Waals surface area contributed by atoms with E-state index in [1.54, 1.807) is 53.6 Å². The largest absolute Gasteiger partial charge is 0.467 e. The molecule has 0 bridgehead atoms. The molecule has 3 N–H and O–H groups in total. The van der Waals surface area contributed by atoms with Crippen LogP contribution in [0.5, 0.6) is 0 Å². The highest BCUT2D eigenvalue weighted by molar-refractivity contribution is 8.00. The molecule has 7 nitrogen and oxygen atoms in total. The molecule has 2 aromatic carbocycles. The van der Waals surface area contributed by atoms with Gasteiger partial charge < -0.3 is 20.4 Å². The van der Waals surface area contributed by atoms with Crippen LogP contribution in [0.25, 0.3) is 0 Å². The molecule has 30 heavy (non-hydrogen) atoms. The average molecular weight is 421 g/mol. The van der Waals surface area contributed by atoms with Gasteiger partial charge in [0.15, 0.2) is 0 Å². The molecule has 8 heteroatoms. The summed E-state index contributed by atoms with van der Waals surface area (Å²) in [5.41, 5.74) is 7.33. The van der Waals surface area contributed by atoms with Gasteiger partial charge in [-0.2, -0.15) is 0 Å². The van der Waals surface area contributed by atoms with Crippen LogP contribution < -0.4 is 11.1 Å². The fourth-order valence-corrected chi connectivity index (χ4v) is 4.46. The van der Waals surface area contributed by atoms with Gasteiger partial charge in [0.2, 0.25) is 5.91 Å². The van der Waals surface area contributed by atoms with Crippen molar-refractivity contribution in [3.63, 3.8) is 0 Å². The lowest BCUT2D eigenvalue weighted by Crippen LogP contribution is -2.27. The zero-order valence-corrected chi connectivity index (χ0v) is 16.7. The maximum atomic E-state index is 12.6. The van der Waals surface area contributed by atoms with Gasteiger partial charge in [-0.05, 0) is 42.0 Å². The van der Waals surface area contributed by atoms with E-state index < -0.39 is 5.91 Å². The van der Waals surface area contributed by atoms with Gasteiger partial charge >= 0.3 is 0 Å². The minimum atomic E-state index is -0.610. The number of carbonyl (C=O) groups is 3. The highest BCUT2D eigenvalue weighted by atomic mass is 32.2. The molecule has 1 atom stereocenters. The van der Waals surface area contributed by atoms with Gasteiger partial charge in [-0.3, -0.25) is 14.4 Å². The van der Waals surface area contributed by atoms with Crippen molar-refractivity contribution in [2.45, 2.75) is 11.9 Å². The zero-order valence-electron chi connectivity index (χ0n) is 15.9. The van der Waals surface area contributed by atoms with Crippen molar-refractivity contribution < 1.29 is 18.8 Å². The Labute approximate surface area is 177 Å². The standard InChI is InChI=1S/C22H19N3O4S/c23-20(27)17-5-1-2-6-18(17)24-21(28)14-7-9-15(10-8-14)22-25(19(26)13-30-22)12-16-4-3-11-29-16/h1-11,22H,12-13H2,(H2,23,27)(H,24,28). The number of amides is 3. The van der Waals surface area contributed by atoms with Crippen LogP contribution in [0.4, 0.5) is 5.69 Å². The predicted molar refractivity (Wildman–Crippen MR) is 114 cm³/mol. The Morgan fingerprint density at radius 3 is 2.57 bits per heavy atom. The third-order valence-corrected chi connectivity index (χ3v) is 6.03. The van der Waals surface area contributed by atoms with Gasteiger partial charge in [-0.25, -0.2) is 0 Å². The summed E-state index contributed by atoms with van der Waals surface area (Å²) in [6, 6.07) is 17.3. The number of furan rings is 1. The molecule has 3 amide bonds. The Morgan fingerprint density at radius 1 is 1.10 bits per heavy atom. The minimum absolute atomic E-state index is 0.0475. The average Bonchev–Trinajstić information content (AvgIpc) is 3.39. The number of primary amides is 1. The monoisotopic (exact) mass is 421 g/mol. The summed E-state index contributed by atoms with van der Waals surface area (Å²) in [4.78, 5) is 38.2. The summed E-state index contributed by atoms with van der Waals surface area (Å²) in [5.74, 6) is 0.210. The van der Waals surface area contributed by atoms with Crippen molar-refractivity contribution in [2.75, 3.05) is 11.1 Å². The van der Waals surface area contributed by atoms with E-state index in [0.717, 1.165) is 11.3 Å². The maximum Gasteiger partial charge on any atom is 0.255 e. The van der Waals surface area contributed by atoms with Crippen molar-refractivity contribution in [1.29, 1.82) is 0 Å². The quantitative estimate of drug-likeness (QED) is 0.635. The third-order valence-electron chi connectivity index (χ3n) is 4.77. The number of nitrogens with zero attached hydrogens (tertiary/aromatic N) is 1. The number of thioether (sulfide) groups is 1. The summed E-state index contributed by atoms with van der Waals surface area (Å²) >= 11 is 1.54. The van der Waals surface area contributed by atoms with Gasteiger partial charge in [0.05, 0.1) is 29.8 Å². The Bertz CT molecular complexity index is 1080. The second-order valence-corrected chi connectivity index (χ2v) is 7.82. The van der Waals surface area contributed by atoms with Crippen LogP contribution in [0.2, 0.25) is 0 Å². The minimum Gasteiger partial charge on any atom is -0.467 e. The van der Waals surface area contributed by atoms with E-state index in [9.17, 15) is 14.4 Å². The maximum absolute atomic E-state index is 12.6. The first-order chi connectivity index (χ1) is 14.5. The number of benzene rings is 2. The number of carbonyl (C=O) groups excluding carboxylic acids is 3. The fourth-order valence-electron chi connectivity index (χ4n) is 3.27. The number of anilines is 1. The topological polar surface area (TPSA) is 106 Å². The molecule has 1 aromatic heterocycles. The summed E-state index contributed by atoms with van der Waals surface area (Å²) in [6.07, 6.45) is 1.59. The molecule has 2 heterocycles. The molecule has 0 radical (unpaired) electrons. The normalized spacial score (nSPS) is 15.9. The van der Waals surface area contributed by atoms with Crippen LogP contribution in [-0.2, 0) is 11.3 Å². The molecular formula is C22H19N3O4S. The highest BCUT2D eigenvalue weighted by Gasteiger charge is 2.33. The van der Waals surface area contributed by atoms with Crippen LogP contribution in [-0.4, -0.2) is 28.4 Å². The summed E-state index contributed by atoms with van der Waals surface area (Å²) in [6.45, 7) is 0.398. The third kappa shape index (κ3) is 4.08. The van der Waals surface area contributed by atoms with E-state index in [2.05, 4.69) is 5.32 Å². The van der Waals surface area contributed by atoms with Gasteiger partial charge in [-0.1, -0.05) is 24.3 Å². The number of hydrogen-bond acceptors (Lipinski definition) is 5. The van der Waals surface area contributed by atoms with Crippen molar-refractivity contribution in [1.82, 2.24) is 4.90 Å². The van der Waals surface area contributed by atoms with Crippen LogP contribution in [0.1, 0.15) is 37.4 Å². The van der Waals surface area contributed by atoms with E-state index in [1.165, 1.54) is 11.8 Å². The number of para-hydroxylation sites is 1.